The van der Waals surface area contributed by atoms with E-state index < -0.39 is 34.0 Å². The van der Waals surface area contributed by atoms with Crippen LogP contribution < -0.4 is 10.0 Å². The highest BCUT2D eigenvalue weighted by atomic mass is 35.5. The van der Waals surface area contributed by atoms with E-state index in [4.69, 9.17) is 23.2 Å². The Kier molecular flexibility index (Phi) is 5.83. The molecule has 1 aliphatic heterocycles. The van der Waals surface area contributed by atoms with Gasteiger partial charge < -0.3 is 10.4 Å². The van der Waals surface area contributed by atoms with Crippen molar-refractivity contribution >= 4 is 45.0 Å². The molecular weight excluding hydrogens is 432 g/mol. The van der Waals surface area contributed by atoms with Crippen molar-refractivity contribution in [3.8, 4) is 5.75 Å². The molecule has 0 aromatic heterocycles. The van der Waals surface area contributed by atoms with Gasteiger partial charge in [0.25, 0.3) is 10.2 Å². The van der Waals surface area contributed by atoms with Crippen LogP contribution in [-0.4, -0.2) is 36.8 Å². The van der Waals surface area contributed by atoms with Gasteiger partial charge in [0, 0.05) is 18.8 Å². The van der Waals surface area contributed by atoms with Crippen molar-refractivity contribution in [1.29, 1.82) is 0 Å². The van der Waals surface area contributed by atoms with E-state index in [1.54, 1.807) is 0 Å². The maximum atomic E-state index is 13.3. The largest absolute Gasteiger partial charge is 0.506 e. The predicted octanol–water partition coefficient (Wildman–Crippen LogP) is 3.06. The fraction of sp³-hybridized carbons (Fsp3) is 0.235. The summed E-state index contributed by atoms with van der Waals surface area (Å²) < 4.78 is 41.6. The van der Waals surface area contributed by atoms with Gasteiger partial charge in [0.2, 0.25) is 5.91 Å². The highest BCUT2D eigenvalue weighted by Gasteiger charge is 2.40. The molecule has 1 amide bonds. The van der Waals surface area contributed by atoms with Crippen LogP contribution in [-0.2, 0) is 15.0 Å². The van der Waals surface area contributed by atoms with Gasteiger partial charge in [0.05, 0.1) is 10.0 Å². The summed E-state index contributed by atoms with van der Waals surface area (Å²) in [6.07, 6.45) is 0.109. The SMILES string of the molecule is CN1[C@H](C(=O)Nc2ccc(F)c(Cl)c2)C[C@H](c2ccc(O)c(Cl)c2)NS1(=O)=O. The molecule has 0 aliphatic carbocycles. The smallest absolute Gasteiger partial charge is 0.280 e. The van der Waals surface area contributed by atoms with Crippen molar-refractivity contribution in [2.45, 2.75) is 18.5 Å². The molecule has 3 rings (SSSR count). The van der Waals surface area contributed by atoms with Crippen LogP contribution in [0.4, 0.5) is 10.1 Å². The number of hydrogen-bond donors (Lipinski definition) is 3. The van der Waals surface area contributed by atoms with Gasteiger partial charge >= 0.3 is 0 Å². The number of nitrogens with one attached hydrogen (secondary N) is 2. The molecule has 0 unspecified atom stereocenters. The number of phenols is 1. The lowest BCUT2D eigenvalue weighted by atomic mass is 9.99. The number of halogens is 3. The average Bonchev–Trinajstić information content (AvgIpc) is 2.62. The third-order valence-electron chi connectivity index (χ3n) is 4.43. The van der Waals surface area contributed by atoms with E-state index in [0.29, 0.717) is 5.56 Å². The van der Waals surface area contributed by atoms with Crippen molar-refractivity contribution < 1.29 is 22.7 Å². The zero-order valence-corrected chi connectivity index (χ0v) is 16.8. The molecule has 150 valence electrons. The second-order valence-electron chi connectivity index (χ2n) is 6.27. The minimum atomic E-state index is -3.95. The monoisotopic (exact) mass is 447 g/mol. The number of amides is 1. The van der Waals surface area contributed by atoms with E-state index in [1.165, 1.54) is 37.4 Å². The molecule has 0 saturated carbocycles. The summed E-state index contributed by atoms with van der Waals surface area (Å²) in [5, 5.41) is 12.0. The lowest BCUT2D eigenvalue weighted by molar-refractivity contribution is -0.120. The quantitative estimate of drug-likeness (QED) is 0.672. The van der Waals surface area contributed by atoms with Crippen LogP contribution in [0, 0.1) is 5.82 Å². The molecule has 1 heterocycles. The number of aromatic hydroxyl groups is 1. The summed E-state index contributed by atoms with van der Waals surface area (Å²) in [4.78, 5) is 12.7. The van der Waals surface area contributed by atoms with Crippen LogP contribution in [0.5, 0.6) is 5.75 Å². The summed E-state index contributed by atoms with van der Waals surface area (Å²) in [6.45, 7) is 0. The van der Waals surface area contributed by atoms with Gasteiger partial charge in [-0.15, -0.1) is 0 Å². The first-order chi connectivity index (χ1) is 13.1. The van der Waals surface area contributed by atoms with Gasteiger partial charge in [-0.2, -0.15) is 17.4 Å². The molecule has 2 atom stereocenters. The number of carbonyl (C=O) groups is 1. The Morgan fingerprint density at radius 3 is 2.61 bits per heavy atom. The molecule has 0 spiro atoms. The summed E-state index contributed by atoms with van der Waals surface area (Å²) >= 11 is 11.6. The molecule has 2 aromatic rings. The Balaban J connectivity index is 1.86. The van der Waals surface area contributed by atoms with Gasteiger partial charge in [-0.05, 0) is 42.3 Å². The normalized spacial score (nSPS) is 22.0. The maximum absolute atomic E-state index is 13.3. The summed E-state index contributed by atoms with van der Waals surface area (Å²) in [6, 6.07) is 6.20. The fourth-order valence-corrected chi connectivity index (χ4v) is 4.51. The van der Waals surface area contributed by atoms with Gasteiger partial charge in [-0.3, -0.25) is 4.79 Å². The summed E-state index contributed by atoms with van der Waals surface area (Å²) in [7, 11) is -2.67. The molecule has 1 fully saturated rings. The van der Waals surface area contributed by atoms with Crippen LogP contribution in [0.25, 0.3) is 0 Å². The minimum absolute atomic E-state index is 0.0672. The van der Waals surface area contributed by atoms with Crippen molar-refractivity contribution in [1.82, 2.24) is 9.03 Å². The van der Waals surface area contributed by atoms with Crippen LogP contribution in [0.1, 0.15) is 18.0 Å². The van der Waals surface area contributed by atoms with Crippen molar-refractivity contribution in [3.05, 3.63) is 57.8 Å². The summed E-state index contributed by atoms with van der Waals surface area (Å²) in [5.74, 6) is -1.36. The number of nitrogens with zero attached hydrogens (tertiary/aromatic N) is 1. The lowest BCUT2D eigenvalue weighted by Gasteiger charge is -2.36. The standard InChI is InChI=1S/C17H16Cl2FN3O4S/c1-23-15(17(25)21-10-3-4-13(20)11(18)7-10)8-14(22-28(23,26)27)9-2-5-16(24)12(19)6-9/h2-7,14-15,22,24H,8H2,1H3,(H,21,25)/t14-,15+/m1/s1. The number of benzene rings is 2. The van der Waals surface area contributed by atoms with Gasteiger partial charge in [0.15, 0.2) is 0 Å². The van der Waals surface area contributed by atoms with Gasteiger partial charge in [0.1, 0.15) is 17.6 Å². The van der Waals surface area contributed by atoms with Crippen molar-refractivity contribution in [2.75, 3.05) is 12.4 Å². The molecule has 0 bridgehead atoms. The third-order valence-corrected chi connectivity index (χ3v) is 6.62. The molecular formula is C17H16Cl2FN3O4S. The highest BCUT2D eigenvalue weighted by Crippen LogP contribution is 2.32. The first-order valence-corrected chi connectivity index (χ1v) is 10.3. The van der Waals surface area contributed by atoms with Crippen LogP contribution in [0.2, 0.25) is 10.0 Å². The van der Waals surface area contributed by atoms with Crippen LogP contribution >= 0.6 is 23.2 Å². The number of carbonyl (C=O) groups excluding carboxylic acids is 1. The second kappa shape index (κ2) is 7.84. The zero-order chi connectivity index (χ0) is 20.6. The average molecular weight is 448 g/mol. The Morgan fingerprint density at radius 1 is 1.25 bits per heavy atom. The van der Waals surface area contributed by atoms with E-state index in [2.05, 4.69) is 10.0 Å². The predicted molar refractivity (Wildman–Crippen MR) is 104 cm³/mol. The number of phenolic OH excluding ortho intramolecular Hbond substituents is 1. The van der Waals surface area contributed by atoms with Gasteiger partial charge in [-0.1, -0.05) is 29.3 Å². The fourth-order valence-electron chi connectivity index (χ4n) is 2.87. The number of hydrogen-bond acceptors (Lipinski definition) is 4. The Morgan fingerprint density at radius 2 is 1.96 bits per heavy atom. The Hall–Kier alpha value is -1.91. The van der Waals surface area contributed by atoms with E-state index in [-0.39, 0.29) is 27.9 Å². The molecule has 1 aliphatic rings. The number of likely N-dealkylation sites (N-methyl/N-ethyl adjacent to an activating group) is 1. The first-order valence-electron chi connectivity index (χ1n) is 8.08. The van der Waals surface area contributed by atoms with E-state index >= 15 is 0 Å². The van der Waals surface area contributed by atoms with Crippen molar-refractivity contribution in [3.63, 3.8) is 0 Å². The molecule has 1 saturated heterocycles. The maximum Gasteiger partial charge on any atom is 0.280 e. The molecule has 3 N–H and O–H groups in total. The molecule has 11 heteroatoms. The molecule has 7 nitrogen and oxygen atoms in total. The Labute approximate surface area is 171 Å². The van der Waals surface area contributed by atoms with Crippen molar-refractivity contribution in [2.24, 2.45) is 0 Å². The van der Waals surface area contributed by atoms with E-state index in [9.17, 15) is 22.7 Å². The Bertz CT molecular complexity index is 1040. The van der Waals surface area contributed by atoms with Gasteiger partial charge in [-0.25, -0.2) is 4.39 Å². The molecule has 2 aromatic carbocycles. The van der Waals surface area contributed by atoms with Crippen LogP contribution in [0.15, 0.2) is 36.4 Å². The third kappa shape index (κ3) is 4.23. The number of anilines is 1. The van der Waals surface area contributed by atoms with E-state index in [1.807, 2.05) is 0 Å². The molecule has 28 heavy (non-hydrogen) atoms. The first kappa shape index (κ1) is 20.8. The molecule has 0 radical (unpaired) electrons. The van der Waals surface area contributed by atoms with Crippen LogP contribution in [0.3, 0.4) is 0 Å². The second-order valence-corrected chi connectivity index (χ2v) is 8.85. The highest BCUT2D eigenvalue weighted by molar-refractivity contribution is 7.87. The summed E-state index contributed by atoms with van der Waals surface area (Å²) in [5.41, 5.74) is 0.743. The topological polar surface area (TPSA) is 98.7 Å². The van der Waals surface area contributed by atoms with E-state index in [0.717, 1.165) is 10.4 Å². The zero-order valence-electron chi connectivity index (χ0n) is 14.5. The minimum Gasteiger partial charge on any atom is -0.506 e. The lowest BCUT2D eigenvalue weighted by Crippen LogP contribution is -2.55. The number of rotatable bonds is 3.